The molecule has 156 valence electrons. The summed E-state index contributed by atoms with van der Waals surface area (Å²) in [5, 5.41) is 8.35. The summed E-state index contributed by atoms with van der Waals surface area (Å²) in [6, 6.07) is 10.3. The molecule has 3 heterocycles. The van der Waals surface area contributed by atoms with E-state index in [1.807, 2.05) is 27.8 Å². The highest BCUT2D eigenvalue weighted by Crippen LogP contribution is 2.40. The fraction of sp³-hybridized carbons (Fsp3) is 0.435. The number of piperazine rings is 1. The molecule has 0 bridgehead atoms. The molecule has 2 aromatic heterocycles. The Morgan fingerprint density at radius 1 is 1.07 bits per heavy atom. The normalized spacial score (nSPS) is 16.9. The Hall–Kier alpha value is -3.09. The highest BCUT2D eigenvalue weighted by molar-refractivity contribution is 5.77. The average molecular weight is 406 g/mol. The molecular weight excluding hydrogens is 378 g/mol. The van der Waals surface area contributed by atoms with Crippen LogP contribution in [0.25, 0.3) is 11.6 Å². The van der Waals surface area contributed by atoms with E-state index >= 15 is 0 Å². The van der Waals surface area contributed by atoms with Gasteiger partial charge < -0.3 is 18.8 Å². The maximum atomic E-state index is 13.0. The molecule has 7 heteroatoms. The van der Waals surface area contributed by atoms with Crippen LogP contribution in [0, 0.1) is 13.8 Å². The Morgan fingerprint density at radius 3 is 2.63 bits per heavy atom. The van der Waals surface area contributed by atoms with Crippen molar-refractivity contribution in [3.8, 4) is 11.6 Å². The number of benzene rings is 1. The number of carbonyl (C=O) groups is 1. The third-order valence-corrected chi connectivity index (χ3v) is 6.27. The molecule has 0 unspecified atom stereocenters. The number of rotatable bonds is 5. The van der Waals surface area contributed by atoms with Gasteiger partial charge in [-0.3, -0.25) is 4.79 Å². The van der Waals surface area contributed by atoms with Crippen molar-refractivity contribution in [2.24, 2.45) is 0 Å². The van der Waals surface area contributed by atoms with E-state index in [0.717, 1.165) is 44.7 Å². The minimum Gasteiger partial charge on any atom is -0.419 e. The van der Waals surface area contributed by atoms with E-state index in [4.69, 9.17) is 4.42 Å². The van der Waals surface area contributed by atoms with Crippen molar-refractivity contribution in [1.82, 2.24) is 19.7 Å². The lowest BCUT2D eigenvalue weighted by molar-refractivity contribution is -0.132. The molecule has 1 saturated carbocycles. The number of aryl methyl sites for hydroxylation is 1. The van der Waals surface area contributed by atoms with Crippen LogP contribution in [-0.2, 0) is 11.3 Å². The van der Waals surface area contributed by atoms with E-state index in [0.29, 0.717) is 17.7 Å². The number of carbonyl (C=O) groups excluding carboxylic acids is 1. The summed E-state index contributed by atoms with van der Waals surface area (Å²) >= 11 is 0. The van der Waals surface area contributed by atoms with Gasteiger partial charge in [0.2, 0.25) is 11.8 Å². The van der Waals surface area contributed by atoms with Crippen molar-refractivity contribution in [3.63, 3.8) is 0 Å². The Bertz CT molecular complexity index is 1060. The summed E-state index contributed by atoms with van der Waals surface area (Å²) < 4.78 is 7.74. The molecule has 1 aliphatic carbocycles. The topological polar surface area (TPSA) is 67.4 Å². The van der Waals surface area contributed by atoms with E-state index in [-0.39, 0.29) is 12.5 Å². The van der Waals surface area contributed by atoms with Gasteiger partial charge in [-0.15, -0.1) is 10.2 Å². The first-order valence-electron chi connectivity index (χ1n) is 10.7. The minimum atomic E-state index is 0.120. The molecule has 1 aromatic carbocycles. The molecule has 0 spiro atoms. The Balaban J connectivity index is 1.23. The lowest BCUT2D eigenvalue weighted by Gasteiger charge is -2.37. The first-order valence-corrected chi connectivity index (χ1v) is 10.7. The van der Waals surface area contributed by atoms with Crippen molar-refractivity contribution in [3.05, 3.63) is 53.5 Å². The smallest absolute Gasteiger partial charge is 0.264 e. The fourth-order valence-corrected chi connectivity index (χ4v) is 4.10. The quantitative estimate of drug-likeness (QED) is 0.651. The van der Waals surface area contributed by atoms with Crippen LogP contribution in [0.4, 0.5) is 5.69 Å². The largest absolute Gasteiger partial charge is 0.419 e. The first kappa shape index (κ1) is 18.9. The van der Waals surface area contributed by atoms with Crippen LogP contribution in [0.5, 0.6) is 0 Å². The van der Waals surface area contributed by atoms with Crippen molar-refractivity contribution in [1.29, 1.82) is 0 Å². The van der Waals surface area contributed by atoms with E-state index < -0.39 is 0 Å². The van der Waals surface area contributed by atoms with Gasteiger partial charge in [0.25, 0.3) is 5.89 Å². The van der Waals surface area contributed by atoms with E-state index in [1.54, 1.807) is 0 Å². The van der Waals surface area contributed by atoms with Crippen LogP contribution < -0.4 is 4.90 Å². The van der Waals surface area contributed by atoms with Crippen molar-refractivity contribution in [2.45, 2.75) is 39.2 Å². The fourth-order valence-electron chi connectivity index (χ4n) is 4.10. The number of anilines is 1. The molecular formula is C23H27N5O2. The summed E-state index contributed by atoms with van der Waals surface area (Å²) in [7, 11) is 0. The van der Waals surface area contributed by atoms with Gasteiger partial charge >= 0.3 is 0 Å². The number of nitrogens with zero attached hydrogens (tertiary/aromatic N) is 5. The molecule has 3 aromatic rings. The van der Waals surface area contributed by atoms with Gasteiger partial charge in [0.15, 0.2) is 0 Å². The SMILES string of the molecule is Cc1cccc(N2CCN(C(=O)Cn3cccc3-c3nnc(C4CC4)o3)CC2)c1C. The molecule has 0 N–H and O–H groups in total. The minimum absolute atomic E-state index is 0.120. The van der Waals surface area contributed by atoms with Gasteiger partial charge in [0.1, 0.15) is 12.2 Å². The third-order valence-electron chi connectivity index (χ3n) is 6.27. The zero-order valence-electron chi connectivity index (χ0n) is 17.5. The lowest BCUT2D eigenvalue weighted by Crippen LogP contribution is -2.49. The average Bonchev–Trinajstić information content (AvgIpc) is 3.31. The summed E-state index contributed by atoms with van der Waals surface area (Å²) in [5.41, 5.74) is 4.70. The second-order valence-corrected chi connectivity index (χ2v) is 8.33. The van der Waals surface area contributed by atoms with E-state index in [9.17, 15) is 4.79 Å². The number of hydrogen-bond donors (Lipinski definition) is 0. The molecule has 5 rings (SSSR count). The summed E-state index contributed by atoms with van der Waals surface area (Å²) in [5.74, 6) is 1.75. The molecule has 2 aliphatic rings. The molecule has 7 nitrogen and oxygen atoms in total. The summed E-state index contributed by atoms with van der Waals surface area (Å²) in [4.78, 5) is 17.3. The summed E-state index contributed by atoms with van der Waals surface area (Å²) in [6.07, 6.45) is 4.14. The predicted molar refractivity (Wildman–Crippen MR) is 114 cm³/mol. The maximum absolute atomic E-state index is 13.0. The van der Waals surface area contributed by atoms with Gasteiger partial charge in [-0.1, -0.05) is 12.1 Å². The summed E-state index contributed by atoms with van der Waals surface area (Å²) in [6.45, 7) is 7.76. The molecule has 30 heavy (non-hydrogen) atoms. The van der Waals surface area contributed by atoms with Gasteiger partial charge in [0.05, 0.1) is 0 Å². The molecule has 0 atom stereocenters. The van der Waals surface area contributed by atoms with Crippen LogP contribution in [0.3, 0.4) is 0 Å². The Kier molecular flexibility index (Phi) is 4.81. The second kappa shape index (κ2) is 7.63. The van der Waals surface area contributed by atoms with Gasteiger partial charge in [-0.25, -0.2) is 0 Å². The van der Waals surface area contributed by atoms with Crippen molar-refractivity contribution >= 4 is 11.6 Å². The standard InChI is InChI=1S/C23H27N5O2/c1-16-5-3-6-19(17(16)2)26-11-13-27(14-12-26)21(29)15-28-10-4-7-20(28)23-25-24-22(30-23)18-8-9-18/h3-7,10,18H,8-9,11-15H2,1-2H3. The number of amides is 1. The molecule has 1 amide bonds. The predicted octanol–water partition coefficient (Wildman–Crippen LogP) is 3.38. The van der Waals surface area contributed by atoms with Crippen molar-refractivity contribution in [2.75, 3.05) is 31.1 Å². The zero-order chi connectivity index (χ0) is 20.7. The van der Waals surface area contributed by atoms with Crippen LogP contribution in [0.15, 0.2) is 40.9 Å². The molecule has 1 saturated heterocycles. The molecule has 2 fully saturated rings. The van der Waals surface area contributed by atoms with Gasteiger partial charge in [0, 0.05) is 44.0 Å². The third kappa shape index (κ3) is 3.60. The van der Waals surface area contributed by atoms with Gasteiger partial charge in [-0.05, 0) is 56.0 Å². The number of hydrogen-bond acceptors (Lipinski definition) is 5. The lowest BCUT2D eigenvalue weighted by atomic mass is 10.1. The highest BCUT2D eigenvalue weighted by atomic mass is 16.4. The zero-order valence-corrected chi connectivity index (χ0v) is 17.5. The molecule has 0 radical (unpaired) electrons. The van der Waals surface area contributed by atoms with Crippen LogP contribution >= 0.6 is 0 Å². The Morgan fingerprint density at radius 2 is 1.87 bits per heavy atom. The van der Waals surface area contributed by atoms with E-state index in [1.165, 1.54) is 16.8 Å². The molecule has 1 aliphatic heterocycles. The van der Waals surface area contributed by atoms with Gasteiger partial charge in [-0.2, -0.15) is 0 Å². The van der Waals surface area contributed by atoms with Crippen molar-refractivity contribution < 1.29 is 9.21 Å². The van der Waals surface area contributed by atoms with Crippen LogP contribution in [-0.4, -0.2) is 51.8 Å². The highest BCUT2D eigenvalue weighted by Gasteiger charge is 2.30. The number of aromatic nitrogens is 3. The Labute approximate surface area is 176 Å². The second-order valence-electron chi connectivity index (χ2n) is 8.33. The van der Waals surface area contributed by atoms with Crippen LogP contribution in [0.2, 0.25) is 0 Å². The van der Waals surface area contributed by atoms with E-state index in [2.05, 4.69) is 47.1 Å². The monoisotopic (exact) mass is 405 g/mol. The first-order chi connectivity index (χ1) is 14.6. The maximum Gasteiger partial charge on any atom is 0.264 e. The van der Waals surface area contributed by atoms with Crippen LogP contribution in [0.1, 0.15) is 35.8 Å².